The molecule has 20 heavy (non-hydrogen) atoms. The third-order valence-corrected chi connectivity index (χ3v) is 5.08. The minimum Gasteiger partial charge on any atom is -0.394 e. The average molecular weight is 283 g/mol. The molecule has 4 heteroatoms. The van der Waals surface area contributed by atoms with Gasteiger partial charge in [-0.3, -0.25) is 0 Å². The first-order chi connectivity index (χ1) is 9.65. The molecule has 2 rings (SSSR count). The van der Waals surface area contributed by atoms with Crippen LogP contribution < -0.4 is 5.32 Å². The van der Waals surface area contributed by atoms with Crippen LogP contribution in [-0.2, 0) is 0 Å². The van der Waals surface area contributed by atoms with Crippen molar-refractivity contribution in [1.29, 1.82) is 0 Å². The van der Waals surface area contributed by atoms with E-state index in [1.165, 1.54) is 65.0 Å². The summed E-state index contributed by atoms with van der Waals surface area (Å²) in [7, 11) is 1.94. The summed E-state index contributed by atoms with van der Waals surface area (Å²) in [5.41, 5.74) is -0.0943. The number of rotatable bonds is 9. The standard InChI is InChI=1S/C16H33N3O/c1-16(14-20,17-2)7-3-4-8-18-9-11-19(12-10-18)13-15-5-6-15/h15,17,20H,3-14H2,1-2H3. The van der Waals surface area contributed by atoms with Crippen LogP contribution in [0.3, 0.4) is 0 Å². The van der Waals surface area contributed by atoms with Crippen molar-refractivity contribution in [2.45, 2.75) is 44.6 Å². The number of nitrogens with one attached hydrogen (secondary N) is 1. The molecule has 1 heterocycles. The Morgan fingerprint density at radius 2 is 1.75 bits per heavy atom. The maximum atomic E-state index is 9.36. The summed E-state index contributed by atoms with van der Waals surface area (Å²) in [6.07, 6.45) is 6.44. The lowest BCUT2D eigenvalue weighted by Gasteiger charge is -2.35. The molecule has 4 nitrogen and oxygen atoms in total. The molecule has 1 saturated carbocycles. The molecule has 2 aliphatic rings. The van der Waals surface area contributed by atoms with Crippen LogP contribution in [0.1, 0.15) is 39.0 Å². The molecular formula is C16H33N3O. The quantitative estimate of drug-likeness (QED) is 0.623. The zero-order valence-electron chi connectivity index (χ0n) is 13.4. The van der Waals surface area contributed by atoms with Gasteiger partial charge in [0.15, 0.2) is 0 Å². The van der Waals surface area contributed by atoms with Gasteiger partial charge in [-0.1, -0.05) is 6.42 Å². The third-order valence-electron chi connectivity index (χ3n) is 5.08. The number of nitrogens with zero attached hydrogens (tertiary/aromatic N) is 2. The van der Waals surface area contributed by atoms with E-state index < -0.39 is 0 Å². The second kappa shape index (κ2) is 7.74. The smallest absolute Gasteiger partial charge is 0.0610 e. The number of likely N-dealkylation sites (N-methyl/N-ethyl adjacent to an activating group) is 1. The number of unbranched alkanes of at least 4 members (excludes halogenated alkanes) is 1. The number of aliphatic hydroxyl groups is 1. The van der Waals surface area contributed by atoms with Crippen LogP contribution in [0.25, 0.3) is 0 Å². The van der Waals surface area contributed by atoms with E-state index in [2.05, 4.69) is 22.0 Å². The van der Waals surface area contributed by atoms with Crippen molar-refractivity contribution in [2.75, 3.05) is 52.9 Å². The van der Waals surface area contributed by atoms with Gasteiger partial charge in [0, 0.05) is 38.3 Å². The van der Waals surface area contributed by atoms with Crippen LogP contribution in [-0.4, -0.2) is 73.4 Å². The molecule has 0 aromatic heterocycles. The van der Waals surface area contributed by atoms with Crippen LogP contribution in [0, 0.1) is 5.92 Å². The van der Waals surface area contributed by atoms with E-state index in [9.17, 15) is 5.11 Å². The fraction of sp³-hybridized carbons (Fsp3) is 1.00. The Kier molecular flexibility index (Phi) is 6.27. The highest BCUT2D eigenvalue weighted by Crippen LogP contribution is 2.29. The zero-order chi connectivity index (χ0) is 14.4. The molecule has 0 spiro atoms. The largest absolute Gasteiger partial charge is 0.394 e. The van der Waals surface area contributed by atoms with Gasteiger partial charge in [0.1, 0.15) is 0 Å². The van der Waals surface area contributed by atoms with Gasteiger partial charge < -0.3 is 20.2 Å². The third kappa shape index (κ3) is 5.32. The second-order valence-corrected chi connectivity index (χ2v) is 7.01. The summed E-state index contributed by atoms with van der Waals surface area (Å²) >= 11 is 0. The minimum atomic E-state index is -0.0943. The lowest BCUT2D eigenvalue weighted by Crippen LogP contribution is -2.47. The van der Waals surface area contributed by atoms with Crippen molar-refractivity contribution < 1.29 is 5.11 Å². The highest BCUT2D eigenvalue weighted by atomic mass is 16.3. The Morgan fingerprint density at radius 3 is 2.30 bits per heavy atom. The molecule has 1 aliphatic heterocycles. The van der Waals surface area contributed by atoms with E-state index >= 15 is 0 Å². The zero-order valence-corrected chi connectivity index (χ0v) is 13.4. The predicted octanol–water partition coefficient (Wildman–Crippen LogP) is 1.15. The summed E-state index contributed by atoms with van der Waals surface area (Å²) < 4.78 is 0. The summed E-state index contributed by atoms with van der Waals surface area (Å²) in [4.78, 5) is 5.26. The first-order valence-corrected chi connectivity index (χ1v) is 8.40. The summed E-state index contributed by atoms with van der Waals surface area (Å²) in [5, 5.41) is 12.6. The molecule has 0 aromatic carbocycles. The van der Waals surface area contributed by atoms with Gasteiger partial charge in [-0.15, -0.1) is 0 Å². The van der Waals surface area contributed by atoms with Crippen molar-refractivity contribution in [1.82, 2.24) is 15.1 Å². The Morgan fingerprint density at radius 1 is 1.10 bits per heavy atom. The van der Waals surface area contributed by atoms with Crippen molar-refractivity contribution >= 4 is 0 Å². The normalized spacial score (nSPS) is 24.8. The van der Waals surface area contributed by atoms with E-state index in [0.717, 1.165) is 12.3 Å². The van der Waals surface area contributed by atoms with Gasteiger partial charge in [0.2, 0.25) is 0 Å². The molecule has 0 radical (unpaired) electrons. The van der Waals surface area contributed by atoms with Crippen molar-refractivity contribution in [3.05, 3.63) is 0 Å². The van der Waals surface area contributed by atoms with E-state index in [1.54, 1.807) is 0 Å². The van der Waals surface area contributed by atoms with Gasteiger partial charge >= 0.3 is 0 Å². The van der Waals surface area contributed by atoms with E-state index in [0.29, 0.717) is 0 Å². The van der Waals surface area contributed by atoms with E-state index in [1.807, 2.05) is 7.05 Å². The molecule has 1 atom stereocenters. The Bertz CT molecular complexity index is 269. The first kappa shape index (κ1) is 16.2. The molecule has 2 fully saturated rings. The second-order valence-electron chi connectivity index (χ2n) is 7.01. The molecule has 2 N–H and O–H groups in total. The molecular weight excluding hydrogens is 250 g/mol. The molecule has 0 amide bonds. The van der Waals surface area contributed by atoms with Crippen LogP contribution in [0.4, 0.5) is 0 Å². The molecule has 1 saturated heterocycles. The summed E-state index contributed by atoms with van der Waals surface area (Å²) in [6, 6.07) is 0. The molecule has 1 unspecified atom stereocenters. The highest BCUT2D eigenvalue weighted by Gasteiger charge is 2.26. The average Bonchev–Trinajstić information content (AvgIpc) is 3.29. The Labute approximate surface area is 124 Å². The van der Waals surface area contributed by atoms with Gasteiger partial charge in [0.05, 0.1) is 6.61 Å². The predicted molar refractivity (Wildman–Crippen MR) is 84.0 cm³/mol. The Balaban J connectivity index is 1.52. The van der Waals surface area contributed by atoms with E-state index in [4.69, 9.17) is 0 Å². The monoisotopic (exact) mass is 283 g/mol. The SMILES string of the molecule is CNC(C)(CO)CCCCN1CCN(CC2CC2)CC1. The fourth-order valence-corrected chi connectivity index (χ4v) is 2.99. The van der Waals surface area contributed by atoms with Crippen LogP contribution >= 0.6 is 0 Å². The number of hydrogen-bond donors (Lipinski definition) is 2. The molecule has 0 bridgehead atoms. The Hall–Kier alpha value is -0.160. The van der Waals surface area contributed by atoms with Crippen molar-refractivity contribution in [3.63, 3.8) is 0 Å². The van der Waals surface area contributed by atoms with Gasteiger partial charge in [-0.25, -0.2) is 0 Å². The summed E-state index contributed by atoms with van der Waals surface area (Å²) in [6.45, 7) is 9.93. The molecule has 118 valence electrons. The highest BCUT2D eigenvalue weighted by molar-refractivity contribution is 4.82. The van der Waals surface area contributed by atoms with Crippen LogP contribution in [0.15, 0.2) is 0 Å². The summed E-state index contributed by atoms with van der Waals surface area (Å²) in [5.74, 6) is 1.03. The fourth-order valence-electron chi connectivity index (χ4n) is 2.99. The first-order valence-electron chi connectivity index (χ1n) is 8.40. The van der Waals surface area contributed by atoms with Crippen molar-refractivity contribution in [3.8, 4) is 0 Å². The minimum absolute atomic E-state index is 0.0943. The molecule has 1 aliphatic carbocycles. The number of aliphatic hydroxyl groups excluding tert-OH is 1. The van der Waals surface area contributed by atoms with Gasteiger partial charge in [-0.05, 0) is 52.1 Å². The number of hydrogen-bond acceptors (Lipinski definition) is 4. The van der Waals surface area contributed by atoms with Crippen molar-refractivity contribution in [2.24, 2.45) is 5.92 Å². The van der Waals surface area contributed by atoms with Gasteiger partial charge in [0.25, 0.3) is 0 Å². The van der Waals surface area contributed by atoms with Crippen LogP contribution in [0.2, 0.25) is 0 Å². The maximum Gasteiger partial charge on any atom is 0.0610 e. The lowest BCUT2D eigenvalue weighted by molar-refractivity contribution is 0.124. The van der Waals surface area contributed by atoms with E-state index in [-0.39, 0.29) is 12.1 Å². The number of piperazine rings is 1. The molecule has 0 aromatic rings. The van der Waals surface area contributed by atoms with Gasteiger partial charge in [-0.2, -0.15) is 0 Å². The topological polar surface area (TPSA) is 38.7 Å². The lowest BCUT2D eigenvalue weighted by atomic mass is 9.96. The maximum absolute atomic E-state index is 9.36. The van der Waals surface area contributed by atoms with Crippen LogP contribution in [0.5, 0.6) is 0 Å².